The van der Waals surface area contributed by atoms with Gasteiger partial charge in [0.15, 0.2) is 0 Å². The topological polar surface area (TPSA) is 191 Å². The molecule has 0 saturated carbocycles. The molecule has 3 amide bonds. The Kier molecular flexibility index (Phi) is 10.5. The molecule has 0 aliphatic heterocycles. The fourth-order valence-corrected chi connectivity index (χ4v) is 2.11. The van der Waals surface area contributed by atoms with Crippen molar-refractivity contribution in [2.45, 2.75) is 64.4 Å². The van der Waals surface area contributed by atoms with Crippen LogP contribution in [0.3, 0.4) is 0 Å². The Labute approximate surface area is 157 Å². The highest BCUT2D eigenvalue weighted by Gasteiger charge is 2.32. The van der Waals surface area contributed by atoms with Crippen molar-refractivity contribution in [1.82, 2.24) is 16.0 Å². The number of carboxylic acid groups (broad SMARTS) is 1. The van der Waals surface area contributed by atoms with E-state index in [1.807, 2.05) is 0 Å². The van der Waals surface area contributed by atoms with Crippen LogP contribution in [0.4, 0.5) is 0 Å². The summed E-state index contributed by atoms with van der Waals surface area (Å²) in [5.41, 5.74) is 5.37. The Hall–Kier alpha value is -2.24. The van der Waals surface area contributed by atoms with Crippen LogP contribution in [-0.2, 0) is 19.2 Å². The summed E-state index contributed by atoms with van der Waals surface area (Å²) in [4.78, 5) is 47.4. The van der Waals surface area contributed by atoms with E-state index in [1.165, 1.54) is 13.8 Å². The summed E-state index contributed by atoms with van der Waals surface area (Å²) in [6.45, 7) is 5.42. The van der Waals surface area contributed by atoms with E-state index in [0.29, 0.717) is 0 Å². The van der Waals surface area contributed by atoms with Crippen LogP contribution in [0, 0.1) is 5.92 Å². The molecule has 5 atom stereocenters. The van der Waals surface area contributed by atoms with Gasteiger partial charge < -0.3 is 37.0 Å². The third-order valence-corrected chi connectivity index (χ3v) is 3.61. The number of carboxylic acids is 1. The Balaban J connectivity index is 5.14. The Morgan fingerprint density at radius 2 is 1.41 bits per heavy atom. The summed E-state index contributed by atoms with van der Waals surface area (Å²) in [5, 5.41) is 34.9. The molecule has 0 aromatic carbocycles. The van der Waals surface area contributed by atoms with Crippen LogP contribution in [-0.4, -0.2) is 75.9 Å². The second kappa shape index (κ2) is 11.5. The molecule has 0 aliphatic carbocycles. The number of nitrogens with one attached hydrogen (secondary N) is 3. The molecule has 0 unspecified atom stereocenters. The molecule has 8 N–H and O–H groups in total. The quantitative estimate of drug-likeness (QED) is 0.198. The number of rotatable bonds is 11. The van der Waals surface area contributed by atoms with Crippen molar-refractivity contribution in [3.63, 3.8) is 0 Å². The van der Waals surface area contributed by atoms with E-state index in [4.69, 9.17) is 5.73 Å². The SMILES string of the molecule is CC(C)C[C@H](NC(=O)[C@@H](NC(=O)[C@H](CO)NC(=O)[C@H](C)N)[C@@H](C)O)C(=O)O. The molecule has 0 aromatic heterocycles. The number of carbonyl (C=O) groups is 4. The number of aliphatic carboxylic acids is 1. The minimum Gasteiger partial charge on any atom is -0.480 e. The lowest BCUT2D eigenvalue weighted by Gasteiger charge is -2.26. The minimum atomic E-state index is -1.48. The lowest BCUT2D eigenvalue weighted by atomic mass is 10.0. The first kappa shape index (κ1) is 24.8. The van der Waals surface area contributed by atoms with Gasteiger partial charge in [0, 0.05) is 0 Å². The number of nitrogens with two attached hydrogens (primary N) is 1. The molecule has 0 heterocycles. The smallest absolute Gasteiger partial charge is 0.326 e. The predicted octanol–water partition coefficient (Wildman–Crippen LogP) is -2.71. The van der Waals surface area contributed by atoms with Gasteiger partial charge in [0.2, 0.25) is 17.7 Å². The molecule has 27 heavy (non-hydrogen) atoms. The van der Waals surface area contributed by atoms with Crippen molar-refractivity contribution >= 4 is 23.7 Å². The summed E-state index contributed by atoms with van der Waals surface area (Å²) < 4.78 is 0. The van der Waals surface area contributed by atoms with E-state index in [2.05, 4.69) is 16.0 Å². The zero-order valence-corrected chi connectivity index (χ0v) is 15.9. The lowest BCUT2D eigenvalue weighted by molar-refractivity contribution is -0.143. The fraction of sp³-hybridized carbons (Fsp3) is 0.750. The van der Waals surface area contributed by atoms with Crippen molar-refractivity contribution in [3.8, 4) is 0 Å². The predicted molar refractivity (Wildman–Crippen MR) is 95.3 cm³/mol. The summed E-state index contributed by atoms with van der Waals surface area (Å²) >= 11 is 0. The van der Waals surface area contributed by atoms with Gasteiger partial charge in [0.1, 0.15) is 18.1 Å². The maximum absolute atomic E-state index is 12.3. The Bertz CT molecular complexity index is 537. The van der Waals surface area contributed by atoms with E-state index in [9.17, 15) is 34.5 Å². The zero-order valence-electron chi connectivity index (χ0n) is 15.9. The van der Waals surface area contributed by atoms with E-state index in [-0.39, 0.29) is 12.3 Å². The van der Waals surface area contributed by atoms with Crippen LogP contribution in [0.25, 0.3) is 0 Å². The third-order valence-electron chi connectivity index (χ3n) is 3.61. The fourth-order valence-electron chi connectivity index (χ4n) is 2.11. The standard InChI is InChI=1S/C16H30N4O7/c1-7(2)5-10(16(26)27)18-15(25)12(9(4)22)20-14(24)11(6-21)19-13(23)8(3)17/h7-12,21-22H,5-6,17H2,1-4H3,(H,18,25)(H,19,23)(H,20,24)(H,26,27)/t8-,9+,10-,11-,12-/m0/s1. The average Bonchev–Trinajstić information content (AvgIpc) is 2.55. The van der Waals surface area contributed by atoms with Gasteiger partial charge >= 0.3 is 5.97 Å². The molecule has 0 spiro atoms. The van der Waals surface area contributed by atoms with Gasteiger partial charge in [0.25, 0.3) is 0 Å². The molecule has 0 aromatic rings. The van der Waals surface area contributed by atoms with E-state index >= 15 is 0 Å². The highest BCUT2D eigenvalue weighted by Crippen LogP contribution is 2.06. The number of aliphatic hydroxyl groups is 2. The maximum atomic E-state index is 12.3. The van der Waals surface area contributed by atoms with Crippen LogP contribution in [0.5, 0.6) is 0 Å². The van der Waals surface area contributed by atoms with Gasteiger partial charge in [0.05, 0.1) is 18.8 Å². The largest absolute Gasteiger partial charge is 0.480 e. The number of hydrogen-bond acceptors (Lipinski definition) is 7. The Morgan fingerprint density at radius 1 is 0.889 bits per heavy atom. The van der Waals surface area contributed by atoms with Crippen LogP contribution in [0.1, 0.15) is 34.1 Å². The number of hydrogen-bond donors (Lipinski definition) is 7. The van der Waals surface area contributed by atoms with Crippen molar-refractivity contribution in [2.75, 3.05) is 6.61 Å². The molecular weight excluding hydrogens is 360 g/mol. The van der Waals surface area contributed by atoms with E-state index in [1.54, 1.807) is 13.8 Å². The summed E-state index contributed by atoms with van der Waals surface area (Å²) in [6.07, 6.45) is -1.20. The van der Waals surface area contributed by atoms with Gasteiger partial charge in [-0.3, -0.25) is 14.4 Å². The first-order chi connectivity index (χ1) is 12.4. The molecule has 0 aliphatic rings. The second-order valence-corrected chi connectivity index (χ2v) is 6.79. The summed E-state index contributed by atoms with van der Waals surface area (Å²) in [7, 11) is 0. The molecule has 0 fully saturated rings. The normalized spacial score (nSPS) is 16.6. The molecule has 0 bridgehead atoms. The van der Waals surface area contributed by atoms with Crippen molar-refractivity contribution < 1.29 is 34.5 Å². The lowest BCUT2D eigenvalue weighted by Crippen LogP contribution is -2.60. The van der Waals surface area contributed by atoms with Crippen LogP contribution in [0.2, 0.25) is 0 Å². The van der Waals surface area contributed by atoms with Gasteiger partial charge in [-0.25, -0.2) is 4.79 Å². The minimum absolute atomic E-state index is 0.0155. The molecular formula is C16H30N4O7. The van der Waals surface area contributed by atoms with Crippen molar-refractivity contribution in [1.29, 1.82) is 0 Å². The number of carbonyl (C=O) groups excluding carboxylic acids is 3. The zero-order chi connectivity index (χ0) is 21.3. The maximum Gasteiger partial charge on any atom is 0.326 e. The first-order valence-corrected chi connectivity index (χ1v) is 8.59. The van der Waals surface area contributed by atoms with Crippen LogP contribution in [0.15, 0.2) is 0 Å². The van der Waals surface area contributed by atoms with Crippen LogP contribution >= 0.6 is 0 Å². The molecule has 11 heteroatoms. The summed E-state index contributed by atoms with van der Waals surface area (Å²) in [6, 6.07) is -4.98. The molecule has 156 valence electrons. The number of aliphatic hydroxyl groups excluding tert-OH is 2. The highest BCUT2D eigenvalue weighted by atomic mass is 16.4. The van der Waals surface area contributed by atoms with E-state index < -0.39 is 60.6 Å². The molecule has 0 radical (unpaired) electrons. The molecule has 0 rings (SSSR count). The van der Waals surface area contributed by atoms with Gasteiger partial charge in [-0.2, -0.15) is 0 Å². The highest BCUT2D eigenvalue weighted by molar-refractivity contribution is 5.94. The molecule has 11 nitrogen and oxygen atoms in total. The van der Waals surface area contributed by atoms with Crippen LogP contribution < -0.4 is 21.7 Å². The second-order valence-electron chi connectivity index (χ2n) is 6.79. The van der Waals surface area contributed by atoms with Gasteiger partial charge in [-0.15, -0.1) is 0 Å². The Morgan fingerprint density at radius 3 is 1.78 bits per heavy atom. The van der Waals surface area contributed by atoms with Gasteiger partial charge in [-0.1, -0.05) is 13.8 Å². The molecule has 0 saturated heterocycles. The third kappa shape index (κ3) is 8.80. The number of amides is 3. The average molecular weight is 390 g/mol. The first-order valence-electron chi connectivity index (χ1n) is 8.59. The van der Waals surface area contributed by atoms with Gasteiger partial charge in [-0.05, 0) is 26.2 Å². The van der Waals surface area contributed by atoms with Crippen molar-refractivity contribution in [3.05, 3.63) is 0 Å². The monoisotopic (exact) mass is 390 g/mol. The van der Waals surface area contributed by atoms with E-state index in [0.717, 1.165) is 0 Å². The summed E-state index contributed by atoms with van der Waals surface area (Å²) in [5.74, 6) is -3.78. The van der Waals surface area contributed by atoms with Crippen molar-refractivity contribution in [2.24, 2.45) is 11.7 Å².